The largest absolute Gasteiger partial charge is 0.462 e. The summed E-state index contributed by atoms with van der Waals surface area (Å²) in [6.45, 7) is 10.9. The highest BCUT2D eigenvalue weighted by Gasteiger charge is 2.52. The lowest BCUT2D eigenvalue weighted by Gasteiger charge is -2.50. The fourth-order valence-electron chi connectivity index (χ4n) is 7.73. The van der Waals surface area contributed by atoms with Crippen LogP contribution in [0.3, 0.4) is 0 Å². The van der Waals surface area contributed by atoms with Gasteiger partial charge in [0.2, 0.25) is 0 Å². The number of rotatable bonds is 10. The Morgan fingerprint density at radius 2 is 1.65 bits per heavy atom. The van der Waals surface area contributed by atoms with Crippen molar-refractivity contribution in [1.29, 1.82) is 0 Å². The number of hydrogen-bond donors (Lipinski definition) is 3. The van der Waals surface area contributed by atoms with Crippen molar-refractivity contribution >= 4 is 24.2 Å². The Labute approximate surface area is 324 Å². The molecule has 0 unspecified atom stereocenters. The molecule has 55 heavy (non-hydrogen) atoms. The molecule has 0 amide bonds. The number of aliphatic hydroxyl groups excluding tert-OH is 2. The van der Waals surface area contributed by atoms with Gasteiger partial charge >= 0.3 is 17.9 Å². The van der Waals surface area contributed by atoms with Crippen LogP contribution in [0.15, 0.2) is 24.3 Å². The van der Waals surface area contributed by atoms with E-state index in [9.17, 15) is 34.5 Å². The standard InChI is InChI=1S/C39H63NO15/c1-21-18-27(16-17-41)35(36(48-10)29(52-25(5)42)19-30(45)49-22(2)14-12-11-13-15-28(21)44)55-38-33(46)32(40(8)9)34(23(3)51-38)54-31-20-39(7,47)37(24(4)50-31)53-26(6)43/h11-13,15,17,21-24,27-29,31-38,44,46-47H,14,16,18-20H2,1-10H3/b12-11+,15-13+/t21-,22-,23+,24+,27+,28+,29-,31-,32-,33+,34-,35+,36+,37+,38+,39-/m1/s1. The van der Waals surface area contributed by atoms with Gasteiger partial charge in [-0.3, -0.25) is 14.4 Å². The van der Waals surface area contributed by atoms with E-state index >= 15 is 0 Å². The molecule has 3 heterocycles. The van der Waals surface area contributed by atoms with Crippen LogP contribution in [0.2, 0.25) is 0 Å². The smallest absolute Gasteiger partial charge is 0.309 e. The number of cyclic esters (lactones) is 1. The number of aliphatic hydroxyl groups is 3. The minimum atomic E-state index is -1.49. The van der Waals surface area contributed by atoms with Gasteiger partial charge in [-0.1, -0.05) is 31.2 Å². The van der Waals surface area contributed by atoms with E-state index in [1.807, 2.05) is 6.92 Å². The molecule has 314 valence electrons. The molecule has 0 aliphatic carbocycles. The number of esters is 3. The number of ether oxygens (including phenoxy) is 8. The Hall–Kier alpha value is -2.80. The van der Waals surface area contributed by atoms with Crippen LogP contribution in [0, 0.1) is 11.8 Å². The highest BCUT2D eigenvalue weighted by Crippen LogP contribution is 2.37. The predicted molar refractivity (Wildman–Crippen MR) is 196 cm³/mol. The molecule has 0 bridgehead atoms. The van der Waals surface area contributed by atoms with Crippen molar-refractivity contribution in [1.82, 2.24) is 4.90 Å². The number of allylic oxidation sites excluding steroid dienone is 2. The number of methoxy groups -OCH3 is 1. The summed E-state index contributed by atoms with van der Waals surface area (Å²) in [7, 11) is 4.84. The van der Waals surface area contributed by atoms with E-state index < -0.39 is 121 Å². The maximum atomic E-state index is 13.2. The van der Waals surface area contributed by atoms with E-state index in [4.69, 9.17) is 37.9 Å². The molecule has 2 saturated heterocycles. The molecule has 3 aliphatic rings. The number of nitrogens with zero attached hydrogens (tertiary/aromatic N) is 1. The summed E-state index contributed by atoms with van der Waals surface area (Å²) in [6.07, 6.45) is -4.26. The fraction of sp³-hybridized carbons (Fsp3) is 0.795. The Morgan fingerprint density at radius 3 is 2.24 bits per heavy atom. The highest BCUT2D eigenvalue weighted by atomic mass is 16.7. The lowest BCUT2D eigenvalue weighted by molar-refractivity contribution is -0.344. The van der Waals surface area contributed by atoms with Crippen molar-refractivity contribution in [3.63, 3.8) is 0 Å². The van der Waals surface area contributed by atoms with Crippen molar-refractivity contribution < 1.29 is 72.4 Å². The van der Waals surface area contributed by atoms with Gasteiger partial charge in [-0.2, -0.15) is 0 Å². The summed E-state index contributed by atoms with van der Waals surface area (Å²) in [5.41, 5.74) is -1.49. The summed E-state index contributed by atoms with van der Waals surface area (Å²) in [4.78, 5) is 51.3. The second-order valence-corrected chi connectivity index (χ2v) is 15.5. The predicted octanol–water partition coefficient (Wildman–Crippen LogP) is 1.99. The molecule has 0 radical (unpaired) electrons. The van der Waals surface area contributed by atoms with E-state index in [0.717, 1.165) is 0 Å². The molecule has 16 heteroatoms. The summed E-state index contributed by atoms with van der Waals surface area (Å²) in [5.74, 6) is -3.01. The van der Waals surface area contributed by atoms with Gasteiger partial charge < -0.3 is 62.9 Å². The molecule has 16 atom stereocenters. The zero-order valence-corrected chi connectivity index (χ0v) is 33.8. The summed E-state index contributed by atoms with van der Waals surface area (Å²) >= 11 is 0. The molecule has 2 fully saturated rings. The summed E-state index contributed by atoms with van der Waals surface area (Å²) in [5, 5.41) is 34.3. The van der Waals surface area contributed by atoms with Crippen LogP contribution in [0.1, 0.15) is 80.6 Å². The monoisotopic (exact) mass is 785 g/mol. The second-order valence-electron chi connectivity index (χ2n) is 15.5. The lowest BCUT2D eigenvalue weighted by Crippen LogP contribution is -2.66. The van der Waals surface area contributed by atoms with Crippen LogP contribution >= 0.6 is 0 Å². The maximum Gasteiger partial charge on any atom is 0.309 e. The molecule has 16 nitrogen and oxygen atoms in total. The first-order valence-electron chi connectivity index (χ1n) is 19.0. The van der Waals surface area contributed by atoms with Gasteiger partial charge in [0.05, 0.1) is 36.9 Å². The summed E-state index contributed by atoms with van der Waals surface area (Å²) < 4.78 is 48.0. The number of likely N-dealkylation sites (N-methyl/N-ethyl adjacent to an activating group) is 1. The Morgan fingerprint density at radius 1 is 0.982 bits per heavy atom. The molecule has 0 aromatic rings. The number of carbonyl (C=O) groups is 4. The van der Waals surface area contributed by atoms with Gasteiger partial charge in [0.25, 0.3) is 0 Å². The van der Waals surface area contributed by atoms with Crippen molar-refractivity contribution in [3.8, 4) is 0 Å². The number of hydrogen-bond acceptors (Lipinski definition) is 16. The average Bonchev–Trinajstić information content (AvgIpc) is 3.06. The Bertz CT molecular complexity index is 1320. The van der Waals surface area contributed by atoms with Crippen LogP contribution in [-0.4, -0.2) is 151 Å². The van der Waals surface area contributed by atoms with E-state index in [-0.39, 0.29) is 19.3 Å². The molecule has 3 aliphatic heterocycles. The summed E-state index contributed by atoms with van der Waals surface area (Å²) in [6, 6.07) is -0.778. The lowest BCUT2D eigenvalue weighted by atomic mass is 9.82. The molecular weight excluding hydrogens is 722 g/mol. The van der Waals surface area contributed by atoms with Gasteiger partial charge in [-0.05, 0) is 60.0 Å². The Balaban J connectivity index is 2.01. The van der Waals surface area contributed by atoms with Gasteiger partial charge in [0, 0.05) is 40.2 Å². The Kier molecular flexibility index (Phi) is 17.9. The molecule has 0 aromatic heterocycles. The maximum absolute atomic E-state index is 13.2. The zero-order chi connectivity index (χ0) is 41.2. The molecule has 0 spiro atoms. The van der Waals surface area contributed by atoms with Gasteiger partial charge in [-0.15, -0.1) is 0 Å². The number of aldehydes is 1. The second kappa shape index (κ2) is 21.1. The topological polar surface area (TPSA) is 206 Å². The molecule has 3 N–H and O–H groups in total. The first-order chi connectivity index (χ1) is 25.8. The van der Waals surface area contributed by atoms with Gasteiger partial charge in [0.15, 0.2) is 18.7 Å². The SMILES string of the molecule is CO[C@@H]1[C@@H](O[C@@H]2O[C@@H](C)[C@@H](O[C@@H]3C[C@@](C)(O)[C@@H](OC(C)=O)[C@H](C)O3)[C@H](N(C)C)[C@@H]2O)[C@@H](CC=O)C[C@@H](C)[C@@H](O)/C=C/C=C/C[C@@H](C)OC(=O)C[C@H]1OC(C)=O. The van der Waals surface area contributed by atoms with E-state index in [1.165, 1.54) is 27.9 Å². The third-order valence-electron chi connectivity index (χ3n) is 10.4. The molecule has 3 rings (SSSR count). The minimum Gasteiger partial charge on any atom is -0.462 e. The molecule has 0 aromatic carbocycles. The quantitative estimate of drug-likeness (QED) is 0.165. The van der Waals surface area contributed by atoms with Crippen molar-refractivity contribution in [2.45, 2.75) is 166 Å². The highest BCUT2D eigenvalue weighted by molar-refractivity contribution is 5.72. The average molecular weight is 786 g/mol. The van der Waals surface area contributed by atoms with Gasteiger partial charge in [-0.25, -0.2) is 0 Å². The van der Waals surface area contributed by atoms with Crippen LogP contribution in [0.25, 0.3) is 0 Å². The van der Waals surface area contributed by atoms with Crippen LogP contribution in [0.4, 0.5) is 0 Å². The van der Waals surface area contributed by atoms with E-state index in [0.29, 0.717) is 12.7 Å². The van der Waals surface area contributed by atoms with E-state index in [2.05, 4.69) is 0 Å². The van der Waals surface area contributed by atoms with Crippen molar-refractivity contribution in [2.75, 3.05) is 21.2 Å². The normalized spacial score (nSPS) is 42.1. The fourth-order valence-corrected chi connectivity index (χ4v) is 7.73. The van der Waals surface area contributed by atoms with Crippen LogP contribution in [-0.2, 0) is 57.1 Å². The van der Waals surface area contributed by atoms with E-state index in [1.54, 1.807) is 64.1 Å². The third-order valence-corrected chi connectivity index (χ3v) is 10.4. The van der Waals surface area contributed by atoms with Gasteiger partial charge in [0.1, 0.15) is 42.4 Å². The number of carbonyl (C=O) groups excluding carboxylic acids is 4. The van der Waals surface area contributed by atoms with Crippen molar-refractivity contribution in [2.24, 2.45) is 11.8 Å². The molecular formula is C39H63NO15. The third kappa shape index (κ3) is 13.1. The molecule has 0 saturated carbocycles. The minimum absolute atomic E-state index is 0.0477. The van der Waals surface area contributed by atoms with Crippen LogP contribution in [0.5, 0.6) is 0 Å². The first-order valence-corrected chi connectivity index (χ1v) is 19.0. The first kappa shape index (κ1) is 46.6. The zero-order valence-electron chi connectivity index (χ0n) is 33.8. The van der Waals surface area contributed by atoms with Crippen LogP contribution < -0.4 is 0 Å². The van der Waals surface area contributed by atoms with Crippen molar-refractivity contribution in [3.05, 3.63) is 24.3 Å².